The highest BCUT2D eigenvalue weighted by Gasteiger charge is 2.31. The highest BCUT2D eigenvalue weighted by atomic mass is 32.1. The van der Waals surface area contributed by atoms with Crippen molar-refractivity contribution in [2.75, 3.05) is 25.6 Å². The van der Waals surface area contributed by atoms with Gasteiger partial charge < -0.3 is 15.0 Å². The van der Waals surface area contributed by atoms with Gasteiger partial charge in [-0.3, -0.25) is 4.79 Å². The molecule has 3 rings (SSSR count). The van der Waals surface area contributed by atoms with Crippen molar-refractivity contribution in [2.24, 2.45) is 0 Å². The van der Waals surface area contributed by atoms with Crippen LogP contribution in [0.15, 0.2) is 17.6 Å². The number of aryl methyl sites for hydroxylation is 1. The van der Waals surface area contributed by atoms with E-state index in [1.54, 1.807) is 6.20 Å². The van der Waals surface area contributed by atoms with Crippen LogP contribution >= 0.6 is 11.3 Å². The van der Waals surface area contributed by atoms with Gasteiger partial charge in [0, 0.05) is 31.3 Å². The first-order valence-electron chi connectivity index (χ1n) is 7.48. The number of nitrogens with one attached hydrogen (secondary N) is 1. The zero-order chi connectivity index (χ0) is 16.2. The number of carbonyl (C=O) groups is 1. The Hall–Kier alpha value is -2.06. The quantitative estimate of drug-likeness (QED) is 0.904. The molecule has 0 bridgehead atoms. The lowest BCUT2D eigenvalue weighted by atomic mass is 10.1. The fourth-order valence-corrected chi connectivity index (χ4v) is 3.34. The number of methoxy groups -OCH3 is 1. The summed E-state index contributed by atoms with van der Waals surface area (Å²) in [5.74, 6) is 1.38. The minimum absolute atomic E-state index is 0.000646. The molecule has 1 atom stereocenters. The fraction of sp³-hybridized carbons (Fsp3) is 0.467. The van der Waals surface area contributed by atoms with Crippen molar-refractivity contribution in [1.82, 2.24) is 19.9 Å². The van der Waals surface area contributed by atoms with E-state index < -0.39 is 0 Å². The minimum atomic E-state index is -0.0174. The van der Waals surface area contributed by atoms with Gasteiger partial charge in [0.15, 0.2) is 5.13 Å². The van der Waals surface area contributed by atoms with Gasteiger partial charge in [-0.2, -0.15) is 0 Å². The van der Waals surface area contributed by atoms with Crippen LogP contribution in [-0.4, -0.2) is 46.0 Å². The molecule has 1 amide bonds. The maximum atomic E-state index is 12.2. The van der Waals surface area contributed by atoms with Crippen LogP contribution in [0, 0.1) is 6.92 Å². The molecule has 7 nitrogen and oxygen atoms in total. The first-order valence-corrected chi connectivity index (χ1v) is 8.36. The van der Waals surface area contributed by atoms with Gasteiger partial charge in [-0.1, -0.05) is 0 Å². The maximum absolute atomic E-state index is 12.2. The van der Waals surface area contributed by atoms with Crippen LogP contribution < -0.4 is 5.32 Å². The summed E-state index contributed by atoms with van der Waals surface area (Å²) in [5.41, 5.74) is 0.860. The van der Waals surface area contributed by atoms with Gasteiger partial charge in [0.1, 0.15) is 18.2 Å². The van der Waals surface area contributed by atoms with Crippen LogP contribution in [0.5, 0.6) is 0 Å². The van der Waals surface area contributed by atoms with Gasteiger partial charge in [-0.15, -0.1) is 11.3 Å². The van der Waals surface area contributed by atoms with Gasteiger partial charge in [0.2, 0.25) is 5.91 Å². The number of anilines is 2. The first-order chi connectivity index (χ1) is 11.2. The number of rotatable bonds is 5. The van der Waals surface area contributed by atoms with E-state index in [4.69, 9.17) is 4.74 Å². The number of aromatic nitrogens is 3. The normalized spacial score (nSPS) is 17.5. The largest absolute Gasteiger partial charge is 0.375 e. The number of likely N-dealkylation sites (tertiary alicyclic amines) is 1. The lowest BCUT2D eigenvalue weighted by molar-refractivity contribution is -0.136. The molecule has 23 heavy (non-hydrogen) atoms. The topological polar surface area (TPSA) is 80.2 Å². The Labute approximate surface area is 138 Å². The van der Waals surface area contributed by atoms with Crippen LogP contribution in [0.1, 0.15) is 30.4 Å². The van der Waals surface area contributed by atoms with Crippen LogP contribution in [0.4, 0.5) is 10.9 Å². The smallest absolute Gasteiger partial charge is 0.249 e. The number of amides is 1. The third kappa shape index (κ3) is 3.65. The molecule has 1 N–H and O–H groups in total. The summed E-state index contributed by atoms with van der Waals surface area (Å²) >= 11 is 1.51. The lowest BCUT2D eigenvalue weighted by Gasteiger charge is -2.24. The summed E-state index contributed by atoms with van der Waals surface area (Å²) in [6, 6.07) is 1.88. The Balaban J connectivity index is 1.84. The molecule has 1 saturated heterocycles. The molecule has 0 spiro atoms. The van der Waals surface area contributed by atoms with E-state index in [2.05, 4.69) is 20.3 Å². The van der Waals surface area contributed by atoms with E-state index >= 15 is 0 Å². The standard InChI is InChI=1S/C15H19N5O2S/c1-10-17-11(8-13(18-10)19-15-16-5-7-23-15)12-4-3-6-20(12)14(21)9-22-2/h5,7-8,12H,3-4,6,9H2,1-2H3,(H,16,17,18,19)/t12-/m1/s1. The van der Waals surface area contributed by atoms with Crippen LogP contribution in [0.2, 0.25) is 0 Å². The molecular weight excluding hydrogens is 314 g/mol. The summed E-state index contributed by atoms with van der Waals surface area (Å²) in [6.45, 7) is 2.70. The third-order valence-corrected chi connectivity index (χ3v) is 4.40. The van der Waals surface area contributed by atoms with Gasteiger partial charge in [-0.25, -0.2) is 15.0 Å². The molecule has 3 heterocycles. The number of carbonyl (C=O) groups excluding carboxylic acids is 1. The van der Waals surface area contributed by atoms with E-state index in [1.807, 2.05) is 23.3 Å². The van der Waals surface area contributed by atoms with E-state index in [9.17, 15) is 4.79 Å². The van der Waals surface area contributed by atoms with Gasteiger partial charge in [-0.05, 0) is 19.8 Å². The molecule has 0 saturated carbocycles. The average Bonchev–Trinajstić information content (AvgIpc) is 3.17. The minimum Gasteiger partial charge on any atom is -0.375 e. The first kappa shape index (κ1) is 15.8. The average molecular weight is 333 g/mol. The van der Waals surface area contributed by atoms with Gasteiger partial charge >= 0.3 is 0 Å². The molecule has 1 aliphatic rings. The Morgan fingerprint density at radius 2 is 2.39 bits per heavy atom. The second kappa shape index (κ2) is 7.01. The highest BCUT2D eigenvalue weighted by molar-refractivity contribution is 7.13. The molecule has 0 radical (unpaired) electrons. The van der Waals surface area contributed by atoms with Crippen molar-refractivity contribution in [3.8, 4) is 0 Å². The molecule has 0 aliphatic carbocycles. The molecule has 0 unspecified atom stereocenters. The van der Waals surface area contributed by atoms with E-state index in [0.29, 0.717) is 11.6 Å². The molecular formula is C15H19N5O2S. The Bertz CT molecular complexity index is 677. The number of thiazole rings is 1. The Morgan fingerprint density at radius 3 is 3.13 bits per heavy atom. The van der Waals surface area contributed by atoms with Crippen LogP contribution in [-0.2, 0) is 9.53 Å². The molecule has 1 fully saturated rings. The third-order valence-electron chi connectivity index (χ3n) is 3.71. The van der Waals surface area contributed by atoms with Gasteiger partial charge in [0.25, 0.3) is 0 Å². The van der Waals surface area contributed by atoms with Crippen molar-refractivity contribution in [3.63, 3.8) is 0 Å². The molecule has 122 valence electrons. The fourth-order valence-electron chi connectivity index (χ4n) is 2.80. The van der Waals surface area contributed by atoms with E-state index in [-0.39, 0.29) is 18.6 Å². The van der Waals surface area contributed by atoms with E-state index in [1.165, 1.54) is 18.4 Å². The summed E-state index contributed by atoms with van der Waals surface area (Å²) in [5, 5.41) is 5.87. The second-order valence-electron chi connectivity index (χ2n) is 5.37. The number of hydrogen-bond donors (Lipinski definition) is 1. The zero-order valence-electron chi connectivity index (χ0n) is 13.2. The summed E-state index contributed by atoms with van der Waals surface area (Å²) < 4.78 is 4.97. The number of nitrogens with zero attached hydrogens (tertiary/aromatic N) is 4. The number of hydrogen-bond acceptors (Lipinski definition) is 7. The second-order valence-corrected chi connectivity index (χ2v) is 6.26. The van der Waals surface area contributed by atoms with Crippen molar-refractivity contribution in [2.45, 2.75) is 25.8 Å². The molecule has 8 heteroatoms. The highest BCUT2D eigenvalue weighted by Crippen LogP contribution is 2.32. The Kier molecular flexibility index (Phi) is 4.82. The van der Waals surface area contributed by atoms with Crippen molar-refractivity contribution < 1.29 is 9.53 Å². The summed E-state index contributed by atoms with van der Waals surface area (Å²) in [6.07, 6.45) is 3.62. The maximum Gasteiger partial charge on any atom is 0.249 e. The SMILES string of the molecule is COCC(=O)N1CCC[C@@H]1c1cc(Nc2nccs2)nc(C)n1. The molecule has 0 aromatic carbocycles. The predicted molar refractivity (Wildman–Crippen MR) is 87.7 cm³/mol. The van der Waals surface area contributed by atoms with E-state index in [0.717, 1.165) is 30.2 Å². The van der Waals surface area contributed by atoms with Crippen molar-refractivity contribution in [1.29, 1.82) is 0 Å². The molecule has 2 aromatic heterocycles. The van der Waals surface area contributed by atoms with Crippen molar-refractivity contribution in [3.05, 3.63) is 29.2 Å². The summed E-state index contributed by atoms with van der Waals surface area (Å²) in [7, 11) is 1.54. The van der Waals surface area contributed by atoms with Crippen LogP contribution in [0.25, 0.3) is 0 Å². The van der Waals surface area contributed by atoms with Gasteiger partial charge in [0.05, 0.1) is 11.7 Å². The summed E-state index contributed by atoms with van der Waals surface area (Å²) in [4.78, 5) is 27.2. The number of ether oxygens (including phenoxy) is 1. The Morgan fingerprint density at radius 1 is 1.52 bits per heavy atom. The van der Waals surface area contributed by atoms with Crippen LogP contribution in [0.3, 0.4) is 0 Å². The zero-order valence-corrected chi connectivity index (χ0v) is 14.0. The predicted octanol–water partition coefficient (Wildman–Crippen LogP) is 2.30. The van der Waals surface area contributed by atoms with Crippen molar-refractivity contribution >= 4 is 28.2 Å². The lowest BCUT2D eigenvalue weighted by Crippen LogP contribution is -2.33. The monoisotopic (exact) mass is 333 g/mol. The molecule has 2 aromatic rings. The molecule has 1 aliphatic heterocycles.